The van der Waals surface area contributed by atoms with Crippen molar-refractivity contribution in [2.45, 2.75) is 53.4 Å². The highest BCUT2D eigenvalue weighted by molar-refractivity contribution is 4.77. The van der Waals surface area contributed by atoms with Gasteiger partial charge in [-0.3, -0.25) is 0 Å². The summed E-state index contributed by atoms with van der Waals surface area (Å²) in [4.78, 5) is 4.78. The van der Waals surface area contributed by atoms with Crippen molar-refractivity contribution in [2.24, 2.45) is 17.2 Å². The molecule has 0 amide bonds. The molecular formula is C11H25NO. The molecule has 80 valence electrons. The van der Waals surface area contributed by atoms with E-state index in [1.165, 1.54) is 25.7 Å². The predicted octanol–water partition coefficient (Wildman–Crippen LogP) is 3.12. The molecule has 2 nitrogen and oxygen atoms in total. The van der Waals surface area contributed by atoms with Crippen LogP contribution >= 0.6 is 0 Å². The first kappa shape index (κ1) is 12.9. The van der Waals surface area contributed by atoms with Crippen LogP contribution in [0.1, 0.15) is 53.4 Å². The fourth-order valence-electron chi connectivity index (χ4n) is 1.96. The summed E-state index contributed by atoms with van der Waals surface area (Å²) in [5.41, 5.74) is 0.223. The molecule has 0 saturated heterocycles. The lowest BCUT2D eigenvalue weighted by Gasteiger charge is -2.33. The molecule has 0 rings (SSSR count). The van der Waals surface area contributed by atoms with Gasteiger partial charge in [-0.2, -0.15) is 0 Å². The Labute approximate surface area is 82.8 Å². The van der Waals surface area contributed by atoms with E-state index in [1.807, 2.05) is 0 Å². The average molecular weight is 187 g/mol. The van der Waals surface area contributed by atoms with Gasteiger partial charge in [0.05, 0.1) is 6.61 Å². The van der Waals surface area contributed by atoms with Crippen LogP contribution in [0.5, 0.6) is 0 Å². The zero-order valence-electron chi connectivity index (χ0n) is 9.60. The van der Waals surface area contributed by atoms with Gasteiger partial charge in [-0.15, -0.1) is 0 Å². The summed E-state index contributed by atoms with van der Waals surface area (Å²) in [6.45, 7) is 9.63. The standard InChI is InChI=1S/C11H25NO/c1-5-7-10(8-6-2)11(3,4)9-13-12/h10H,5-9,12H2,1-4H3. The highest BCUT2D eigenvalue weighted by Crippen LogP contribution is 2.33. The van der Waals surface area contributed by atoms with Crippen molar-refractivity contribution < 1.29 is 4.84 Å². The Hall–Kier alpha value is -0.0800. The molecule has 0 spiro atoms. The normalized spacial score (nSPS) is 12.5. The Bertz CT molecular complexity index is 117. The first-order valence-electron chi connectivity index (χ1n) is 5.40. The van der Waals surface area contributed by atoms with E-state index in [4.69, 9.17) is 10.7 Å². The smallest absolute Gasteiger partial charge is 0.0732 e. The van der Waals surface area contributed by atoms with E-state index in [-0.39, 0.29) is 5.41 Å². The van der Waals surface area contributed by atoms with Crippen LogP contribution in [0.3, 0.4) is 0 Å². The number of hydrogen-bond acceptors (Lipinski definition) is 2. The van der Waals surface area contributed by atoms with E-state index in [0.29, 0.717) is 6.61 Å². The number of nitrogens with two attached hydrogens (primary N) is 1. The lowest BCUT2D eigenvalue weighted by molar-refractivity contribution is 0.0219. The summed E-state index contributed by atoms with van der Waals surface area (Å²) in [7, 11) is 0. The van der Waals surface area contributed by atoms with Gasteiger partial charge in [0.2, 0.25) is 0 Å². The highest BCUT2D eigenvalue weighted by Gasteiger charge is 2.28. The molecule has 13 heavy (non-hydrogen) atoms. The first-order chi connectivity index (χ1) is 6.08. The molecule has 0 radical (unpaired) electrons. The fourth-order valence-corrected chi connectivity index (χ4v) is 1.96. The molecular weight excluding hydrogens is 162 g/mol. The summed E-state index contributed by atoms with van der Waals surface area (Å²) < 4.78 is 0. The Balaban J connectivity index is 4.13. The highest BCUT2D eigenvalue weighted by atomic mass is 16.6. The molecule has 0 aliphatic rings. The molecule has 0 atom stereocenters. The topological polar surface area (TPSA) is 35.2 Å². The van der Waals surface area contributed by atoms with Crippen LogP contribution in [0.15, 0.2) is 0 Å². The van der Waals surface area contributed by atoms with E-state index in [2.05, 4.69) is 27.7 Å². The Morgan fingerprint density at radius 3 is 1.92 bits per heavy atom. The second-order valence-electron chi connectivity index (χ2n) is 4.57. The van der Waals surface area contributed by atoms with Crippen LogP contribution in [-0.4, -0.2) is 6.61 Å². The third kappa shape index (κ3) is 4.63. The van der Waals surface area contributed by atoms with Gasteiger partial charge in [-0.05, 0) is 11.3 Å². The lowest BCUT2D eigenvalue weighted by Crippen LogP contribution is -2.30. The van der Waals surface area contributed by atoms with Crippen molar-refractivity contribution in [1.29, 1.82) is 0 Å². The maximum atomic E-state index is 5.14. The molecule has 0 unspecified atom stereocenters. The van der Waals surface area contributed by atoms with Gasteiger partial charge in [-0.1, -0.05) is 53.4 Å². The van der Waals surface area contributed by atoms with Gasteiger partial charge in [0.1, 0.15) is 0 Å². The van der Waals surface area contributed by atoms with Crippen LogP contribution in [0.25, 0.3) is 0 Å². The van der Waals surface area contributed by atoms with Gasteiger partial charge in [0.25, 0.3) is 0 Å². The molecule has 0 aliphatic carbocycles. The van der Waals surface area contributed by atoms with Crippen molar-refractivity contribution in [3.8, 4) is 0 Å². The second-order valence-corrected chi connectivity index (χ2v) is 4.57. The summed E-state index contributed by atoms with van der Waals surface area (Å²) in [5, 5.41) is 0. The second kappa shape index (κ2) is 6.39. The maximum Gasteiger partial charge on any atom is 0.0732 e. The van der Waals surface area contributed by atoms with E-state index in [1.54, 1.807) is 0 Å². The Kier molecular flexibility index (Phi) is 6.35. The molecule has 2 heteroatoms. The van der Waals surface area contributed by atoms with Gasteiger partial charge < -0.3 is 4.84 Å². The molecule has 0 bridgehead atoms. The molecule has 0 aromatic carbocycles. The average Bonchev–Trinajstić information content (AvgIpc) is 2.04. The summed E-state index contributed by atoms with van der Waals surface area (Å²) in [5.74, 6) is 5.89. The summed E-state index contributed by atoms with van der Waals surface area (Å²) >= 11 is 0. The van der Waals surface area contributed by atoms with Crippen LogP contribution in [0.4, 0.5) is 0 Å². The minimum Gasteiger partial charge on any atom is -0.304 e. The molecule has 2 N–H and O–H groups in total. The number of rotatable bonds is 7. The third-order valence-electron chi connectivity index (χ3n) is 2.83. The van der Waals surface area contributed by atoms with Crippen LogP contribution in [-0.2, 0) is 4.84 Å². The molecule has 0 heterocycles. The Morgan fingerprint density at radius 2 is 1.62 bits per heavy atom. The fraction of sp³-hybridized carbons (Fsp3) is 1.00. The van der Waals surface area contributed by atoms with Crippen LogP contribution in [0.2, 0.25) is 0 Å². The van der Waals surface area contributed by atoms with Gasteiger partial charge >= 0.3 is 0 Å². The van der Waals surface area contributed by atoms with E-state index >= 15 is 0 Å². The zero-order chi connectivity index (χ0) is 10.3. The summed E-state index contributed by atoms with van der Waals surface area (Å²) in [6.07, 6.45) is 5.06. The first-order valence-corrected chi connectivity index (χ1v) is 5.40. The Morgan fingerprint density at radius 1 is 1.15 bits per heavy atom. The minimum atomic E-state index is 0.223. The lowest BCUT2D eigenvalue weighted by atomic mass is 9.75. The van der Waals surface area contributed by atoms with E-state index in [9.17, 15) is 0 Å². The minimum absolute atomic E-state index is 0.223. The van der Waals surface area contributed by atoms with Crippen molar-refractivity contribution in [1.82, 2.24) is 0 Å². The van der Waals surface area contributed by atoms with Crippen molar-refractivity contribution in [3.63, 3.8) is 0 Å². The number of hydrogen-bond donors (Lipinski definition) is 1. The zero-order valence-corrected chi connectivity index (χ0v) is 9.60. The van der Waals surface area contributed by atoms with Crippen molar-refractivity contribution >= 4 is 0 Å². The van der Waals surface area contributed by atoms with E-state index < -0.39 is 0 Å². The maximum absolute atomic E-state index is 5.14. The third-order valence-corrected chi connectivity index (χ3v) is 2.83. The van der Waals surface area contributed by atoms with Crippen LogP contribution in [0, 0.1) is 11.3 Å². The SMILES string of the molecule is CCCC(CCC)C(C)(C)CON. The monoisotopic (exact) mass is 187 g/mol. The predicted molar refractivity (Wildman–Crippen MR) is 57.2 cm³/mol. The van der Waals surface area contributed by atoms with Gasteiger partial charge in [0.15, 0.2) is 0 Å². The van der Waals surface area contributed by atoms with Gasteiger partial charge in [0, 0.05) is 0 Å². The van der Waals surface area contributed by atoms with Crippen molar-refractivity contribution in [2.75, 3.05) is 6.61 Å². The molecule has 0 aromatic rings. The largest absolute Gasteiger partial charge is 0.304 e. The molecule has 0 fully saturated rings. The molecule has 0 aromatic heterocycles. The molecule has 0 aliphatic heterocycles. The summed E-state index contributed by atoms with van der Waals surface area (Å²) in [6, 6.07) is 0. The van der Waals surface area contributed by atoms with Crippen molar-refractivity contribution in [3.05, 3.63) is 0 Å². The van der Waals surface area contributed by atoms with E-state index in [0.717, 1.165) is 5.92 Å². The quantitative estimate of drug-likeness (QED) is 0.621. The molecule has 0 saturated carbocycles. The van der Waals surface area contributed by atoms with Crippen LogP contribution < -0.4 is 5.90 Å². The van der Waals surface area contributed by atoms with Gasteiger partial charge in [-0.25, -0.2) is 5.90 Å².